The van der Waals surface area contributed by atoms with Crippen molar-refractivity contribution in [2.75, 3.05) is 18.5 Å². The van der Waals surface area contributed by atoms with Gasteiger partial charge in [-0.25, -0.2) is 4.79 Å². The number of amides is 1. The Kier molecular flexibility index (Phi) is 9.15. The highest BCUT2D eigenvalue weighted by molar-refractivity contribution is 5.95. The first-order valence-corrected chi connectivity index (χ1v) is 11.6. The molecule has 11 heteroatoms. The summed E-state index contributed by atoms with van der Waals surface area (Å²) in [6, 6.07) is 13.7. The lowest BCUT2D eigenvalue weighted by Gasteiger charge is -2.25. The molecule has 37 heavy (non-hydrogen) atoms. The van der Waals surface area contributed by atoms with Crippen molar-refractivity contribution in [3.8, 4) is 22.6 Å². The third-order valence-corrected chi connectivity index (χ3v) is 5.52. The van der Waals surface area contributed by atoms with Gasteiger partial charge in [-0.05, 0) is 48.1 Å². The number of hydrogen-bond donors (Lipinski definition) is 3. The number of carbonyl (C=O) groups excluding carboxylic acids is 1. The number of para-hydroxylation sites is 1. The maximum atomic E-state index is 13.0. The maximum Gasteiger partial charge on any atom is 0.490 e. The molecule has 0 saturated heterocycles. The summed E-state index contributed by atoms with van der Waals surface area (Å²) in [4.78, 5) is 21.9. The number of aromatic amines is 1. The van der Waals surface area contributed by atoms with E-state index in [9.17, 15) is 18.0 Å². The maximum absolute atomic E-state index is 13.0. The van der Waals surface area contributed by atoms with Gasteiger partial charge in [-0.15, -0.1) is 0 Å². The molecule has 1 unspecified atom stereocenters. The second kappa shape index (κ2) is 12.3. The highest BCUT2D eigenvalue weighted by Crippen LogP contribution is 2.33. The number of nitrogens with one attached hydrogen (secondary N) is 2. The molecular weight excluding hydrogens is 491 g/mol. The van der Waals surface area contributed by atoms with Crippen LogP contribution in [0, 0.1) is 11.8 Å². The van der Waals surface area contributed by atoms with E-state index in [2.05, 4.69) is 29.4 Å². The van der Waals surface area contributed by atoms with Crippen LogP contribution in [0.2, 0.25) is 0 Å². The van der Waals surface area contributed by atoms with Gasteiger partial charge >= 0.3 is 12.1 Å². The predicted molar refractivity (Wildman–Crippen MR) is 130 cm³/mol. The molecule has 4 rings (SSSR count). The van der Waals surface area contributed by atoms with Crippen molar-refractivity contribution in [1.29, 1.82) is 0 Å². The van der Waals surface area contributed by atoms with Crippen LogP contribution in [0.25, 0.3) is 11.1 Å². The summed E-state index contributed by atoms with van der Waals surface area (Å²) in [5.74, 6) is -0.984. The Bertz CT molecular complexity index is 1200. The van der Waals surface area contributed by atoms with E-state index < -0.39 is 12.1 Å². The van der Waals surface area contributed by atoms with Crippen LogP contribution in [0.3, 0.4) is 0 Å². The van der Waals surface area contributed by atoms with Gasteiger partial charge in [0.15, 0.2) is 0 Å². The van der Waals surface area contributed by atoms with Crippen LogP contribution in [-0.2, 0) is 16.0 Å². The van der Waals surface area contributed by atoms with Crippen molar-refractivity contribution in [2.24, 2.45) is 11.8 Å². The van der Waals surface area contributed by atoms with Crippen molar-refractivity contribution in [1.82, 2.24) is 10.2 Å². The first-order chi connectivity index (χ1) is 17.5. The standard InChI is InChI=1S/C24H27N3O3.C2HF3O2/c1-16(2)9-10-29-23-12-17(20-13-25-26-14-20)7-8-21(23)27-24(28)19-11-18-5-3-4-6-22(18)30-15-19;3-2(4,5)1(6)7/h3-8,12-14,16,19H,9-11,15H2,1-2H3,(H,25,26)(H,27,28);(H,6,7). The van der Waals surface area contributed by atoms with Crippen LogP contribution in [0.5, 0.6) is 11.5 Å². The van der Waals surface area contributed by atoms with E-state index in [4.69, 9.17) is 19.4 Å². The quantitative estimate of drug-likeness (QED) is 0.389. The van der Waals surface area contributed by atoms with Crippen LogP contribution in [-0.4, -0.2) is 46.6 Å². The first-order valence-electron chi connectivity index (χ1n) is 11.6. The van der Waals surface area contributed by atoms with Crippen molar-refractivity contribution >= 4 is 17.6 Å². The molecule has 8 nitrogen and oxygen atoms in total. The molecule has 0 aliphatic carbocycles. The number of halogens is 3. The third kappa shape index (κ3) is 7.99. The van der Waals surface area contributed by atoms with Gasteiger partial charge in [0.05, 0.1) is 24.4 Å². The Morgan fingerprint density at radius 2 is 1.95 bits per heavy atom. The Labute approximate surface area is 211 Å². The molecule has 1 aliphatic heterocycles. The molecule has 1 amide bonds. The number of rotatable bonds is 7. The molecule has 0 radical (unpaired) electrons. The highest BCUT2D eigenvalue weighted by atomic mass is 19.4. The van der Waals surface area contributed by atoms with Crippen LogP contribution in [0.15, 0.2) is 54.9 Å². The summed E-state index contributed by atoms with van der Waals surface area (Å²) in [7, 11) is 0. The zero-order chi connectivity index (χ0) is 27.0. The number of carbonyl (C=O) groups is 2. The molecule has 1 aromatic heterocycles. The van der Waals surface area contributed by atoms with Crippen molar-refractivity contribution in [2.45, 2.75) is 32.9 Å². The summed E-state index contributed by atoms with van der Waals surface area (Å²) in [6.45, 7) is 5.29. The minimum atomic E-state index is -5.08. The lowest BCUT2D eigenvalue weighted by Crippen LogP contribution is -2.32. The van der Waals surface area contributed by atoms with Gasteiger partial charge in [-0.3, -0.25) is 9.89 Å². The lowest BCUT2D eigenvalue weighted by molar-refractivity contribution is -0.192. The summed E-state index contributed by atoms with van der Waals surface area (Å²) < 4.78 is 43.6. The number of alkyl halides is 3. The number of carboxylic acids is 1. The molecule has 1 atom stereocenters. The van der Waals surface area contributed by atoms with E-state index in [1.165, 1.54) is 0 Å². The van der Waals surface area contributed by atoms with Crippen molar-refractivity contribution in [3.05, 3.63) is 60.4 Å². The summed E-state index contributed by atoms with van der Waals surface area (Å²) in [5.41, 5.74) is 3.69. The zero-order valence-corrected chi connectivity index (χ0v) is 20.3. The van der Waals surface area contributed by atoms with E-state index >= 15 is 0 Å². The Morgan fingerprint density at radius 3 is 2.59 bits per heavy atom. The van der Waals surface area contributed by atoms with Crippen molar-refractivity contribution < 1.29 is 37.3 Å². The number of carboxylic acid groups (broad SMARTS) is 1. The number of hydrogen-bond acceptors (Lipinski definition) is 5. The number of fused-ring (bicyclic) bond motifs is 1. The molecule has 1 aliphatic rings. The third-order valence-electron chi connectivity index (χ3n) is 5.52. The van der Waals surface area contributed by atoms with Gasteiger partial charge < -0.3 is 19.9 Å². The number of aliphatic carboxylic acids is 1. The Hall–Kier alpha value is -4.02. The summed E-state index contributed by atoms with van der Waals surface area (Å²) in [5, 5.41) is 17.0. The number of anilines is 1. The van der Waals surface area contributed by atoms with Crippen LogP contribution >= 0.6 is 0 Å². The smallest absolute Gasteiger partial charge is 0.490 e. The average Bonchev–Trinajstić information content (AvgIpc) is 3.39. The molecule has 3 N–H and O–H groups in total. The average molecular weight is 520 g/mol. The predicted octanol–water partition coefficient (Wildman–Crippen LogP) is 5.32. The Morgan fingerprint density at radius 1 is 1.22 bits per heavy atom. The zero-order valence-electron chi connectivity index (χ0n) is 20.3. The fourth-order valence-electron chi connectivity index (χ4n) is 3.47. The molecule has 2 heterocycles. The second-order valence-electron chi connectivity index (χ2n) is 8.84. The van der Waals surface area contributed by atoms with Gasteiger partial charge in [0, 0.05) is 11.8 Å². The number of benzene rings is 2. The van der Waals surface area contributed by atoms with Crippen molar-refractivity contribution in [3.63, 3.8) is 0 Å². The molecular formula is C26H28F3N3O5. The van der Waals surface area contributed by atoms with Gasteiger partial charge in [-0.1, -0.05) is 38.1 Å². The second-order valence-corrected chi connectivity index (χ2v) is 8.84. The monoisotopic (exact) mass is 519 g/mol. The fraction of sp³-hybridized carbons (Fsp3) is 0.346. The largest absolute Gasteiger partial charge is 0.492 e. The number of aromatic nitrogens is 2. The molecule has 3 aromatic rings. The minimum Gasteiger partial charge on any atom is -0.492 e. The van der Waals surface area contributed by atoms with Gasteiger partial charge in [-0.2, -0.15) is 18.3 Å². The van der Waals surface area contributed by atoms with Gasteiger partial charge in [0.1, 0.15) is 18.1 Å². The van der Waals surface area contributed by atoms with E-state index in [1.54, 1.807) is 6.20 Å². The van der Waals surface area contributed by atoms with Crippen LogP contribution in [0.4, 0.5) is 18.9 Å². The fourth-order valence-corrected chi connectivity index (χ4v) is 3.47. The van der Waals surface area contributed by atoms with Crippen LogP contribution in [0.1, 0.15) is 25.8 Å². The molecule has 0 spiro atoms. The molecule has 0 saturated carbocycles. The minimum absolute atomic E-state index is 0.0609. The van der Waals surface area contributed by atoms with E-state index in [-0.39, 0.29) is 11.8 Å². The lowest BCUT2D eigenvalue weighted by atomic mass is 9.96. The number of nitrogens with zero attached hydrogens (tertiary/aromatic N) is 1. The Balaban J connectivity index is 0.000000479. The summed E-state index contributed by atoms with van der Waals surface area (Å²) >= 11 is 0. The highest BCUT2D eigenvalue weighted by Gasteiger charge is 2.38. The molecule has 198 valence electrons. The van der Waals surface area contributed by atoms with E-state index in [0.717, 1.165) is 28.9 Å². The molecule has 2 aromatic carbocycles. The van der Waals surface area contributed by atoms with Gasteiger partial charge in [0.2, 0.25) is 5.91 Å². The molecule has 0 bridgehead atoms. The molecule has 0 fully saturated rings. The van der Waals surface area contributed by atoms with E-state index in [0.29, 0.717) is 37.0 Å². The SMILES string of the molecule is CC(C)CCOc1cc(-c2cn[nH]c2)ccc1NC(=O)C1COc2ccccc2C1.O=C(O)C(F)(F)F. The summed E-state index contributed by atoms with van der Waals surface area (Å²) in [6.07, 6.45) is 0.125. The first kappa shape index (κ1) is 27.6. The van der Waals surface area contributed by atoms with Gasteiger partial charge in [0.25, 0.3) is 0 Å². The number of H-pyrrole nitrogens is 1. The topological polar surface area (TPSA) is 114 Å². The van der Waals surface area contributed by atoms with Crippen LogP contribution < -0.4 is 14.8 Å². The number of ether oxygens (including phenoxy) is 2. The normalized spacial score (nSPS) is 14.6. The van der Waals surface area contributed by atoms with E-state index in [1.807, 2.05) is 48.7 Å².